The van der Waals surface area contributed by atoms with Crippen LogP contribution in [-0.2, 0) is 6.54 Å². The molecule has 2 aromatic rings. The normalized spacial score (nSPS) is 16.4. The summed E-state index contributed by atoms with van der Waals surface area (Å²) in [5.74, 6) is 0.309. The summed E-state index contributed by atoms with van der Waals surface area (Å²) in [7, 11) is 1.91. The Labute approximate surface area is 156 Å². The summed E-state index contributed by atoms with van der Waals surface area (Å²) in [5.41, 5.74) is 13.4. The highest BCUT2D eigenvalue weighted by molar-refractivity contribution is 5.97. The quantitative estimate of drug-likeness (QED) is 0.732. The van der Waals surface area contributed by atoms with Crippen molar-refractivity contribution < 1.29 is 4.39 Å². The lowest BCUT2D eigenvalue weighted by Crippen LogP contribution is -2.05. The van der Waals surface area contributed by atoms with Gasteiger partial charge in [-0.15, -0.1) is 0 Å². The first kappa shape index (κ1) is 19.9. The standard InChI is InChI=1S/C22H25FN2.CH4/c1-14-4-7-19(17-6-9-22(25-3)18(12-17)13-24)20(10-14)16-5-8-21(23)15(2)11-16;/h4-9,11-12,14,25H,10,13,24H2,1-3H3;1H4. The van der Waals surface area contributed by atoms with Crippen LogP contribution in [0.15, 0.2) is 48.6 Å². The Kier molecular flexibility index (Phi) is 6.38. The molecule has 0 saturated heterocycles. The van der Waals surface area contributed by atoms with E-state index in [4.69, 9.17) is 5.73 Å². The van der Waals surface area contributed by atoms with Gasteiger partial charge in [-0.1, -0.05) is 38.6 Å². The van der Waals surface area contributed by atoms with E-state index in [2.05, 4.69) is 42.6 Å². The maximum Gasteiger partial charge on any atom is 0.126 e. The number of hydrogen-bond donors (Lipinski definition) is 2. The van der Waals surface area contributed by atoms with Crippen molar-refractivity contribution in [1.82, 2.24) is 0 Å². The highest BCUT2D eigenvalue weighted by atomic mass is 19.1. The van der Waals surface area contributed by atoms with E-state index < -0.39 is 0 Å². The molecule has 0 spiro atoms. The third-order valence-electron chi connectivity index (χ3n) is 4.85. The van der Waals surface area contributed by atoms with Gasteiger partial charge in [0.25, 0.3) is 0 Å². The monoisotopic (exact) mass is 352 g/mol. The average molecular weight is 352 g/mol. The largest absolute Gasteiger partial charge is 0.388 e. The molecule has 2 aromatic carbocycles. The van der Waals surface area contributed by atoms with Gasteiger partial charge in [-0.2, -0.15) is 0 Å². The maximum atomic E-state index is 13.7. The van der Waals surface area contributed by atoms with Crippen LogP contribution in [0.3, 0.4) is 0 Å². The molecule has 2 nitrogen and oxygen atoms in total. The summed E-state index contributed by atoms with van der Waals surface area (Å²) in [6.07, 6.45) is 5.38. The molecule has 3 N–H and O–H groups in total. The molecule has 1 aliphatic carbocycles. The van der Waals surface area contributed by atoms with E-state index >= 15 is 0 Å². The molecule has 0 heterocycles. The third-order valence-corrected chi connectivity index (χ3v) is 4.85. The third kappa shape index (κ3) is 3.88. The zero-order valence-corrected chi connectivity index (χ0v) is 15.1. The minimum atomic E-state index is -0.158. The predicted molar refractivity (Wildman–Crippen MR) is 111 cm³/mol. The van der Waals surface area contributed by atoms with Crippen LogP contribution in [0.5, 0.6) is 0 Å². The van der Waals surface area contributed by atoms with Crippen LogP contribution < -0.4 is 11.1 Å². The average Bonchev–Trinajstić information content (AvgIpc) is 2.63. The molecule has 3 heteroatoms. The second-order valence-electron chi connectivity index (χ2n) is 6.72. The number of nitrogens with two attached hydrogens (primary N) is 1. The lowest BCUT2D eigenvalue weighted by atomic mass is 9.83. The fourth-order valence-electron chi connectivity index (χ4n) is 3.41. The van der Waals surface area contributed by atoms with Crippen LogP contribution in [0.1, 0.15) is 43.0 Å². The van der Waals surface area contributed by atoms with Crippen LogP contribution in [0, 0.1) is 18.7 Å². The van der Waals surface area contributed by atoms with Gasteiger partial charge in [0.2, 0.25) is 0 Å². The van der Waals surface area contributed by atoms with E-state index in [0.717, 1.165) is 28.8 Å². The summed E-state index contributed by atoms with van der Waals surface area (Å²) in [6, 6.07) is 11.7. The Balaban J connectivity index is 0.00000243. The number of nitrogens with one attached hydrogen (secondary N) is 1. The van der Waals surface area contributed by atoms with Crippen molar-refractivity contribution in [2.75, 3.05) is 12.4 Å². The predicted octanol–water partition coefficient (Wildman–Crippen LogP) is 5.78. The highest BCUT2D eigenvalue weighted by Crippen LogP contribution is 2.37. The smallest absolute Gasteiger partial charge is 0.126 e. The highest BCUT2D eigenvalue weighted by Gasteiger charge is 2.18. The van der Waals surface area contributed by atoms with Gasteiger partial charge < -0.3 is 11.1 Å². The summed E-state index contributed by atoms with van der Waals surface area (Å²) < 4.78 is 13.7. The van der Waals surface area contributed by atoms with Gasteiger partial charge >= 0.3 is 0 Å². The number of allylic oxidation sites excluding steroid dienone is 4. The van der Waals surface area contributed by atoms with E-state index in [1.165, 1.54) is 11.1 Å². The molecule has 3 rings (SSSR count). The topological polar surface area (TPSA) is 38.0 Å². The second-order valence-corrected chi connectivity index (χ2v) is 6.72. The minimum Gasteiger partial charge on any atom is -0.388 e. The SMILES string of the molecule is C.CNc1ccc(C2=C(c3ccc(F)c(C)c3)CC(C)C=C2)cc1CN. The van der Waals surface area contributed by atoms with Crippen molar-refractivity contribution in [3.63, 3.8) is 0 Å². The van der Waals surface area contributed by atoms with Gasteiger partial charge in [0.15, 0.2) is 0 Å². The lowest BCUT2D eigenvalue weighted by molar-refractivity contribution is 0.618. The van der Waals surface area contributed by atoms with Crippen LogP contribution in [0.25, 0.3) is 11.1 Å². The first-order valence-electron chi connectivity index (χ1n) is 8.72. The Morgan fingerprint density at radius 1 is 1.15 bits per heavy atom. The molecule has 1 unspecified atom stereocenters. The summed E-state index contributed by atoms with van der Waals surface area (Å²) >= 11 is 0. The van der Waals surface area contributed by atoms with Crippen molar-refractivity contribution in [2.24, 2.45) is 11.7 Å². The summed E-state index contributed by atoms with van der Waals surface area (Å²) in [4.78, 5) is 0. The number of aryl methyl sites for hydroxylation is 1. The van der Waals surface area contributed by atoms with Crippen molar-refractivity contribution in [3.05, 3.63) is 76.6 Å². The van der Waals surface area contributed by atoms with E-state index in [0.29, 0.717) is 18.0 Å². The number of halogens is 1. The van der Waals surface area contributed by atoms with Gasteiger partial charge in [-0.25, -0.2) is 4.39 Å². The molecule has 0 aliphatic heterocycles. The lowest BCUT2D eigenvalue weighted by Gasteiger charge is -2.22. The fourth-order valence-corrected chi connectivity index (χ4v) is 3.41. The van der Waals surface area contributed by atoms with Crippen molar-refractivity contribution in [2.45, 2.75) is 34.2 Å². The molecule has 0 radical (unpaired) electrons. The maximum absolute atomic E-state index is 13.7. The van der Waals surface area contributed by atoms with E-state index in [-0.39, 0.29) is 13.2 Å². The van der Waals surface area contributed by atoms with Crippen LogP contribution >= 0.6 is 0 Å². The molecular weight excluding hydrogens is 323 g/mol. The van der Waals surface area contributed by atoms with Gasteiger partial charge in [0.1, 0.15) is 5.82 Å². The number of hydrogen-bond acceptors (Lipinski definition) is 2. The van der Waals surface area contributed by atoms with Crippen molar-refractivity contribution in [3.8, 4) is 0 Å². The second kappa shape index (κ2) is 8.33. The van der Waals surface area contributed by atoms with E-state index in [1.54, 1.807) is 6.07 Å². The van der Waals surface area contributed by atoms with E-state index in [9.17, 15) is 4.39 Å². The van der Waals surface area contributed by atoms with Gasteiger partial charge in [-0.05, 0) is 76.9 Å². The first-order chi connectivity index (χ1) is 12.0. The van der Waals surface area contributed by atoms with Crippen LogP contribution in [-0.4, -0.2) is 7.05 Å². The van der Waals surface area contributed by atoms with Crippen LogP contribution in [0.2, 0.25) is 0 Å². The zero-order chi connectivity index (χ0) is 18.0. The number of rotatable bonds is 4. The van der Waals surface area contributed by atoms with Crippen molar-refractivity contribution in [1.29, 1.82) is 0 Å². The number of anilines is 1. The Hall–Kier alpha value is -2.39. The molecule has 0 aromatic heterocycles. The zero-order valence-electron chi connectivity index (χ0n) is 15.1. The van der Waals surface area contributed by atoms with Gasteiger partial charge in [0.05, 0.1) is 0 Å². The number of benzene rings is 2. The van der Waals surface area contributed by atoms with Crippen LogP contribution in [0.4, 0.5) is 10.1 Å². The summed E-state index contributed by atoms with van der Waals surface area (Å²) in [5, 5.41) is 3.18. The Bertz CT molecular complexity index is 849. The molecule has 0 bridgehead atoms. The Morgan fingerprint density at radius 2 is 1.88 bits per heavy atom. The molecule has 0 fully saturated rings. The molecule has 1 aliphatic rings. The Morgan fingerprint density at radius 3 is 2.54 bits per heavy atom. The van der Waals surface area contributed by atoms with Gasteiger partial charge in [-0.3, -0.25) is 0 Å². The molecule has 1 atom stereocenters. The molecular formula is C23H29FN2. The fraction of sp³-hybridized carbons (Fsp3) is 0.304. The van der Waals surface area contributed by atoms with Crippen molar-refractivity contribution >= 4 is 16.8 Å². The molecule has 0 saturated carbocycles. The summed E-state index contributed by atoms with van der Waals surface area (Å²) in [6.45, 7) is 4.51. The van der Waals surface area contributed by atoms with E-state index in [1.807, 2.05) is 26.1 Å². The molecule has 0 amide bonds. The van der Waals surface area contributed by atoms with Gasteiger partial charge in [0, 0.05) is 19.3 Å². The minimum absolute atomic E-state index is 0. The molecule has 138 valence electrons. The first-order valence-corrected chi connectivity index (χ1v) is 8.72. The molecule has 26 heavy (non-hydrogen) atoms.